The molecule has 0 aliphatic heterocycles. The highest BCUT2D eigenvalue weighted by Gasteiger charge is 2.11. The van der Waals surface area contributed by atoms with Crippen LogP contribution in [0, 0.1) is 0 Å². The van der Waals surface area contributed by atoms with Gasteiger partial charge in [0.05, 0.1) is 0 Å². The average Bonchev–Trinajstić information content (AvgIpc) is 2.98. The molecular formula is C19H34S. The quantitative estimate of drug-likeness (QED) is 0.329. The van der Waals surface area contributed by atoms with E-state index in [-0.39, 0.29) is 0 Å². The molecule has 0 saturated carbocycles. The van der Waals surface area contributed by atoms with E-state index in [4.69, 9.17) is 0 Å². The maximum atomic E-state index is 2.38. The molecule has 116 valence electrons. The van der Waals surface area contributed by atoms with E-state index in [9.17, 15) is 0 Å². The fraction of sp³-hybridized carbons (Fsp3) is 0.789. The number of hydrogen-bond acceptors (Lipinski definition) is 1. The van der Waals surface area contributed by atoms with Crippen molar-refractivity contribution < 1.29 is 0 Å². The van der Waals surface area contributed by atoms with Crippen LogP contribution < -0.4 is 0 Å². The van der Waals surface area contributed by atoms with Gasteiger partial charge in [-0.3, -0.25) is 0 Å². The summed E-state index contributed by atoms with van der Waals surface area (Å²) < 4.78 is 0. The predicted octanol–water partition coefficient (Wildman–Crippen LogP) is 7.55. The normalized spacial score (nSPS) is 11.3. The molecule has 0 N–H and O–H groups in total. The number of hydrogen-bond donors (Lipinski definition) is 0. The van der Waals surface area contributed by atoms with Crippen LogP contribution in [-0.2, 0) is 0 Å². The lowest BCUT2D eigenvalue weighted by molar-refractivity contribution is 0.491. The molecule has 20 heavy (non-hydrogen) atoms. The second-order valence-corrected chi connectivity index (χ2v) is 6.94. The molecular weight excluding hydrogens is 260 g/mol. The Morgan fingerprint density at radius 3 is 1.80 bits per heavy atom. The van der Waals surface area contributed by atoms with Crippen LogP contribution >= 0.6 is 11.3 Å². The van der Waals surface area contributed by atoms with Crippen LogP contribution in [0.3, 0.4) is 0 Å². The molecule has 0 spiro atoms. The predicted molar refractivity (Wildman–Crippen MR) is 93.8 cm³/mol. The molecule has 0 aromatic carbocycles. The highest BCUT2D eigenvalue weighted by Crippen LogP contribution is 2.30. The van der Waals surface area contributed by atoms with E-state index < -0.39 is 0 Å². The Bertz CT molecular complexity index is 275. The van der Waals surface area contributed by atoms with Crippen molar-refractivity contribution in [2.24, 2.45) is 0 Å². The maximum absolute atomic E-state index is 2.38. The molecule has 1 heterocycles. The fourth-order valence-electron chi connectivity index (χ4n) is 2.97. The molecule has 0 aliphatic rings. The second kappa shape index (κ2) is 12.4. The zero-order valence-corrected chi connectivity index (χ0v) is 14.5. The van der Waals surface area contributed by atoms with E-state index in [1.165, 1.54) is 77.0 Å². The van der Waals surface area contributed by atoms with Crippen LogP contribution in [0.25, 0.3) is 0 Å². The van der Waals surface area contributed by atoms with Gasteiger partial charge in [-0.2, -0.15) is 11.3 Å². The highest BCUT2D eigenvalue weighted by molar-refractivity contribution is 7.07. The van der Waals surface area contributed by atoms with Gasteiger partial charge in [0.25, 0.3) is 0 Å². The van der Waals surface area contributed by atoms with Gasteiger partial charge in [0.1, 0.15) is 0 Å². The van der Waals surface area contributed by atoms with Gasteiger partial charge in [-0.25, -0.2) is 0 Å². The molecule has 0 saturated heterocycles. The van der Waals surface area contributed by atoms with Gasteiger partial charge in [-0.15, -0.1) is 0 Å². The first kappa shape index (κ1) is 17.8. The Labute approximate surface area is 131 Å². The van der Waals surface area contributed by atoms with Crippen LogP contribution in [0.15, 0.2) is 16.8 Å². The molecule has 0 nitrogen and oxygen atoms in total. The minimum atomic E-state index is 0.838. The zero-order chi connectivity index (χ0) is 14.5. The minimum Gasteiger partial charge on any atom is -0.152 e. The standard InChI is InChI=1S/C19H34S/c1-3-5-7-9-11-13-18(19-15-16-20-17-19)14-12-10-8-6-4-2/h15-18H,3-14H2,1-2H3. The van der Waals surface area contributed by atoms with Crippen LogP contribution in [-0.4, -0.2) is 0 Å². The summed E-state index contributed by atoms with van der Waals surface area (Å²) >= 11 is 1.86. The van der Waals surface area contributed by atoms with Crippen LogP contribution in [0.1, 0.15) is 102 Å². The molecule has 1 rings (SSSR count). The Morgan fingerprint density at radius 1 is 0.800 bits per heavy atom. The van der Waals surface area contributed by atoms with Gasteiger partial charge >= 0.3 is 0 Å². The first-order chi connectivity index (χ1) is 9.88. The second-order valence-electron chi connectivity index (χ2n) is 6.16. The van der Waals surface area contributed by atoms with Crippen molar-refractivity contribution in [2.45, 2.75) is 96.8 Å². The monoisotopic (exact) mass is 294 g/mol. The van der Waals surface area contributed by atoms with E-state index >= 15 is 0 Å². The van der Waals surface area contributed by atoms with E-state index in [0.717, 1.165) is 5.92 Å². The van der Waals surface area contributed by atoms with Gasteiger partial charge in [-0.1, -0.05) is 78.1 Å². The van der Waals surface area contributed by atoms with E-state index in [2.05, 4.69) is 30.7 Å². The van der Waals surface area contributed by atoms with Crippen molar-refractivity contribution in [3.63, 3.8) is 0 Å². The molecule has 0 aliphatic carbocycles. The molecule has 0 amide bonds. The summed E-state index contributed by atoms with van der Waals surface area (Å²) in [4.78, 5) is 0. The molecule has 1 aromatic rings. The van der Waals surface area contributed by atoms with Gasteiger partial charge in [-0.05, 0) is 41.1 Å². The summed E-state index contributed by atoms with van der Waals surface area (Å²) in [5, 5.41) is 4.62. The molecule has 0 radical (unpaired) electrons. The van der Waals surface area contributed by atoms with Crippen LogP contribution in [0.4, 0.5) is 0 Å². The average molecular weight is 295 g/mol. The van der Waals surface area contributed by atoms with E-state index in [1.54, 1.807) is 5.56 Å². The lowest BCUT2D eigenvalue weighted by atomic mass is 9.90. The molecule has 0 atom stereocenters. The minimum absolute atomic E-state index is 0.838. The van der Waals surface area contributed by atoms with Crippen LogP contribution in [0.2, 0.25) is 0 Å². The summed E-state index contributed by atoms with van der Waals surface area (Å²) in [6.07, 6.45) is 17.0. The van der Waals surface area contributed by atoms with Crippen molar-refractivity contribution in [2.75, 3.05) is 0 Å². The van der Waals surface area contributed by atoms with Crippen molar-refractivity contribution >= 4 is 11.3 Å². The smallest absolute Gasteiger partial charge is 0.00584 e. The van der Waals surface area contributed by atoms with E-state index in [0.29, 0.717) is 0 Å². The summed E-state index contributed by atoms with van der Waals surface area (Å²) in [6.45, 7) is 4.59. The largest absolute Gasteiger partial charge is 0.152 e. The Kier molecular flexibility index (Phi) is 11.0. The number of unbranched alkanes of at least 4 members (excludes halogenated alkanes) is 8. The van der Waals surface area contributed by atoms with Crippen molar-refractivity contribution in [1.29, 1.82) is 0 Å². The van der Waals surface area contributed by atoms with Crippen molar-refractivity contribution in [1.82, 2.24) is 0 Å². The maximum Gasteiger partial charge on any atom is -0.00584 e. The van der Waals surface area contributed by atoms with Gasteiger partial charge in [0.15, 0.2) is 0 Å². The number of rotatable bonds is 13. The molecule has 1 heteroatoms. The lowest BCUT2D eigenvalue weighted by Gasteiger charge is -2.16. The van der Waals surface area contributed by atoms with Gasteiger partial charge < -0.3 is 0 Å². The Hall–Kier alpha value is -0.300. The number of thiophene rings is 1. The van der Waals surface area contributed by atoms with Gasteiger partial charge in [0, 0.05) is 0 Å². The first-order valence-electron chi connectivity index (χ1n) is 8.90. The summed E-state index contributed by atoms with van der Waals surface area (Å²) in [5.41, 5.74) is 1.61. The summed E-state index contributed by atoms with van der Waals surface area (Å²) in [5.74, 6) is 0.838. The highest BCUT2D eigenvalue weighted by atomic mass is 32.1. The zero-order valence-electron chi connectivity index (χ0n) is 13.7. The fourth-order valence-corrected chi connectivity index (χ4v) is 3.72. The summed E-state index contributed by atoms with van der Waals surface area (Å²) in [6, 6.07) is 2.35. The third-order valence-corrected chi connectivity index (χ3v) is 5.03. The topological polar surface area (TPSA) is 0 Å². The molecule has 0 unspecified atom stereocenters. The first-order valence-corrected chi connectivity index (χ1v) is 9.84. The van der Waals surface area contributed by atoms with Gasteiger partial charge in [0.2, 0.25) is 0 Å². The van der Waals surface area contributed by atoms with Crippen molar-refractivity contribution in [3.8, 4) is 0 Å². The molecule has 0 fully saturated rings. The Balaban J connectivity index is 2.22. The van der Waals surface area contributed by atoms with Crippen molar-refractivity contribution in [3.05, 3.63) is 22.4 Å². The third-order valence-electron chi connectivity index (χ3n) is 4.33. The van der Waals surface area contributed by atoms with Crippen LogP contribution in [0.5, 0.6) is 0 Å². The third kappa shape index (κ3) is 8.09. The lowest BCUT2D eigenvalue weighted by Crippen LogP contribution is -1.98. The summed E-state index contributed by atoms with van der Waals surface area (Å²) in [7, 11) is 0. The molecule has 0 bridgehead atoms. The molecule has 1 aromatic heterocycles. The van der Waals surface area contributed by atoms with E-state index in [1.807, 2.05) is 11.3 Å². The Morgan fingerprint density at radius 2 is 1.35 bits per heavy atom. The SMILES string of the molecule is CCCCCCCC(CCCCCCC)c1ccsc1.